The molecule has 0 aromatic heterocycles. The van der Waals surface area contributed by atoms with Gasteiger partial charge in [0.25, 0.3) is 0 Å². The molecule has 0 amide bonds. The lowest BCUT2D eigenvalue weighted by molar-refractivity contribution is 0.485. The normalized spacial score (nSPS) is 14.2. The highest BCUT2D eigenvalue weighted by molar-refractivity contribution is 6.30. The van der Waals surface area contributed by atoms with Gasteiger partial charge in [-0.3, -0.25) is 0 Å². The number of nitrogens with two attached hydrogens (primary N) is 1. The molecule has 0 aliphatic rings. The summed E-state index contributed by atoms with van der Waals surface area (Å²) in [6, 6.07) is 10.6. The predicted molar refractivity (Wildman–Crippen MR) is 73.1 cm³/mol. The molecule has 0 bridgehead atoms. The minimum Gasteiger partial charge on any atom is -0.321 e. The summed E-state index contributed by atoms with van der Waals surface area (Å²) in [5.74, 6) is -0.791. The molecule has 0 aliphatic heterocycles. The van der Waals surface area contributed by atoms with E-state index in [2.05, 4.69) is 0 Å². The molecule has 4 heteroatoms. The molecule has 0 spiro atoms. The molecule has 0 heterocycles. The first-order valence-corrected chi connectivity index (χ1v) is 6.25. The standard InChI is InChI=1S/C15H14ClF2N/c1-15(19,11-3-2-4-12(17)8-11)9-10-5-6-14(18)13(16)7-10/h2-8H,9,19H2,1H3. The van der Waals surface area contributed by atoms with E-state index in [0.717, 1.165) is 5.56 Å². The average molecular weight is 282 g/mol. The van der Waals surface area contributed by atoms with Crippen LogP contribution in [0.5, 0.6) is 0 Å². The second kappa shape index (κ2) is 5.27. The number of halogens is 3. The lowest BCUT2D eigenvalue weighted by atomic mass is 9.86. The van der Waals surface area contributed by atoms with Crippen LogP contribution in [0.25, 0.3) is 0 Å². The van der Waals surface area contributed by atoms with Gasteiger partial charge in [0.2, 0.25) is 0 Å². The Bertz CT molecular complexity index is 596. The third kappa shape index (κ3) is 3.31. The molecule has 2 aromatic rings. The van der Waals surface area contributed by atoms with Gasteiger partial charge < -0.3 is 5.73 Å². The smallest absolute Gasteiger partial charge is 0.141 e. The van der Waals surface area contributed by atoms with Crippen molar-refractivity contribution < 1.29 is 8.78 Å². The first-order chi connectivity index (χ1) is 8.88. The van der Waals surface area contributed by atoms with Crippen LogP contribution in [0, 0.1) is 11.6 Å². The molecule has 0 fully saturated rings. The molecule has 100 valence electrons. The summed E-state index contributed by atoms with van der Waals surface area (Å²) in [5, 5.41) is 0.0625. The SMILES string of the molecule is CC(N)(Cc1ccc(F)c(Cl)c1)c1cccc(F)c1. The van der Waals surface area contributed by atoms with E-state index >= 15 is 0 Å². The maximum atomic E-state index is 13.2. The zero-order chi connectivity index (χ0) is 14.0. The van der Waals surface area contributed by atoms with Crippen LogP contribution in [0.2, 0.25) is 5.02 Å². The summed E-state index contributed by atoms with van der Waals surface area (Å²) in [6.45, 7) is 1.80. The highest BCUT2D eigenvalue weighted by atomic mass is 35.5. The molecule has 0 radical (unpaired) electrons. The summed E-state index contributed by atoms with van der Waals surface area (Å²) in [5.41, 5.74) is 6.97. The molecule has 0 saturated heterocycles. The van der Waals surface area contributed by atoms with Gasteiger partial charge in [0, 0.05) is 5.54 Å². The van der Waals surface area contributed by atoms with Gasteiger partial charge in [0.1, 0.15) is 11.6 Å². The van der Waals surface area contributed by atoms with Gasteiger partial charge in [0.05, 0.1) is 5.02 Å². The summed E-state index contributed by atoms with van der Waals surface area (Å²) < 4.78 is 26.3. The van der Waals surface area contributed by atoms with Crippen molar-refractivity contribution in [3.63, 3.8) is 0 Å². The molecule has 0 aliphatic carbocycles. The fraction of sp³-hybridized carbons (Fsp3) is 0.200. The molecular weight excluding hydrogens is 268 g/mol. The summed E-state index contributed by atoms with van der Waals surface area (Å²) >= 11 is 5.74. The molecule has 1 atom stereocenters. The zero-order valence-corrected chi connectivity index (χ0v) is 11.2. The van der Waals surface area contributed by atoms with E-state index < -0.39 is 11.4 Å². The van der Waals surface area contributed by atoms with Gasteiger partial charge in [-0.2, -0.15) is 0 Å². The maximum Gasteiger partial charge on any atom is 0.141 e. The molecule has 2 N–H and O–H groups in total. The van der Waals surface area contributed by atoms with Gasteiger partial charge in [0.15, 0.2) is 0 Å². The number of hydrogen-bond donors (Lipinski definition) is 1. The van der Waals surface area contributed by atoms with Crippen LogP contribution in [0.15, 0.2) is 42.5 Å². The Hall–Kier alpha value is -1.45. The molecule has 19 heavy (non-hydrogen) atoms. The minimum atomic E-state index is -0.747. The Labute approximate surface area is 116 Å². The highest BCUT2D eigenvalue weighted by Crippen LogP contribution is 2.25. The predicted octanol–water partition coefficient (Wildman–Crippen LogP) is 4.03. The Morgan fingerprint density at radius 1 is 1.16 bits per heavy atom. The molecule has 2 aromatic carbocycles. The van der Waals surface area contributed by atoms with Crippen LogP contribution in [-0.2, 0) is 12.0 Å². The molecular formula is C15H14ClF2N. The number of hydrogen-bond acceptors (Lipinski definition) is 1. The molecule has 0 saturated carbocycles. The second-order valence-electron chi connectivity index (χ2n) is 4.85. The van der Waals surface area contributed by atoms with Crippen molar-refractivity contribution in [2.45, 2.75) is 18.9 Å². The highest BCUT2D eigenvalue weighted by Gasteiger charge is 2.22. The Balaban J connectivity index is 2.27. The summed E-state index contributed by atoms with van der Waals surface area (Å²) in [4.78, 5) is 0. The van der Waals surface area contributed by atoms with Gasteiger partial charge >= 0.3 is 0 Å². The van der Waals surface area contributed by atoms with Gasteiger partial charge in [-0.25, -0.2) is 8.78 Å². The van der Waals surface area contributed by atoms with Crippen LogP contribution in [-0.4, -0.2) is 0 Å². The van der Waals surface area contributed by atoms with E-state index in [1.807, 2.05) is 0 Å². The Morgan fingerprint density at radius 2 is 1.89 bits per heavy atom. The third-order valence-corrected chi connectivity index (χ3v) is 3.33. The van der Waals surface area contributed by atoms with Crippen LogP contribution < -0.4 is 5.73 Å². The van der Waals surface area contributed by atoms with Crippen molar-refractivity contribution in [3.05, 3.63) is 70.2 Å². The summed E-state index contributed by atoms with van der Waals surface area (Å²) in [6.07, 6.45) is 0.441. The van der Waals surface area contributed by atoms with Crippen LogP contribution in [0.4, 0.5) is 8.78 Å². The van der Waals surface area contributed by atoms with Gasteiger partial charge in [-0.1, -0.05) is 29.8 Å². The average Bonchev–Trinajstić information content (AvgIpc) is 2.33. The Kier molecular flexibility index (Phi) is 3.88. The van der Waals surface area contributed by atoms with Crippen molar-refractivity contribution in [3.8, 4) is 0 Å². The van der Waals surface area contributed by atoms with Gasteiger partial charge in [-0.15, -0.1) is 0 Å². The topological polar surface area (TPSA) is 26.0 Å². The molecule has 1 unspecified atom stereocenters. The monoisotopic (exact) mass is 281 g/mol. The van der Waals surface area contributed by atoms with Gasteiger partial charge in [-0.05, 0) is 48.7 Å². The van der Waals surface area contributed by atoms with Crippen molar-refractivity contribution >= 4 is 11.6 Å². The number of rotatable bonds is 3. The van der Waals surface area contributed by atoms with E-state index in [-0.39, 0.29) is 10.8 Å². The molecule has 2 rings (SSSR count). The van der Waals surface area contributed by atoms with Crippen LogP contribution in [0.1, 0.15) is 18.1 Å². The summed E-state index contributed by atoms with van der Waals surface area (Å²) in [7, 11) is 0. The lowest BCUT2D eigenvalue weighted by Crippen LogP contribution is -2.35. The third-order valence-electron chi connectivity index (χ3n) is 3.04. The van der Waals surface area contributed by atoms with Crippen molar-refractivity contribution in [2.75, 3.05) is 0 Å². The van der Waals surface area contributed by atoms with Crippen molar-refractivity contribution in [1.82, 2.24) is 0 Å². The lowest BCUT2D eigenvalue weighted by Gasteiger charge is -2.25. The van der Waals surface area contributed by atoms with E-state index in [0.29, 0.717) is 12.0 Å². The minimum absolute atomic E-state index is 0.0625. The van der Waals surface area contributed by atoms with E-state index in [1.165, 1.54) is 18.2 Å². The molecule has 1 nitrogen and oxygen atoms in total. The second-order valence-corrected chi connectivity index (χ2v) is 5.26. The zero-order valence-electron chi connectivity index (χ0n) is 10.5. The van der Waals surface area contributed by atoms with E-state index in [4.69, 9.17) is 17.3 Å². The van der Waals surface area contributed by atoms with Crippen LogP contribution in [0.3, 0.4) is 0 Å². The fourth-order valence-electron chi connectivity index (χ4n) is 2.02. The first-order valence-electron chi connectivity index (χ1n) is 5.87. The maximum absolute atomic E-state index is 13.2. The van der Waals surface area contributed by atoms with Crippen molar-refractivity contribution in [2.24, 2.45) is 5.73 Å². The fourth-order valence-corrected chi connectivity index (χ4v) is 2.22. The Morgan fingerprint density at radius 3 is 2.53 bits per heavy atom. The largest absolute Gasteiger partial charge is 0.321 e. The first kappa shape index (κ1) is 14.0. The quantitative estimate of drug-likeness (QED) is 0.903. The number of benzene rings is 2. The van der Waals surface area contributed by atoms with Crippen LogP contribution >= 0.6 is 11.6 Å². The van der Waals surface area contributed by atoms with Crippen molar-refractivity contribution in [1.29, 1.82) is 0 Å². The van der Waals surface area contributed by atoms with E-state index in [1.54, 1.807) is 31.2 Å². The van der Waals surface area contributed by atoms with E-state index in [9.17, 15) is 8.78 Å².